The SMILES string of the molecule is O=C(Cn1cncn1)N(Cc1cccnc1)c1nc2c(F)cccc2s1. The molecule has 1 amide bonds. The highest BCUT2D eigenvalue weighted by molar-refractivity contribution is 7.22. The molecule has 0 N–H and O–H groups in total. The van der Waals surface area contributed by atoms with E-state index < -0.39 is 5.82 Å². The number of nitrogens with zero attached hydrogens (tertiary/aromatic N) is 6. The number of carbonyl (C=O) groups excluding carboxylic acids is 1. The average molecular weight is 368 g/mol. The van der Waals surface area contributed by atoms with Crippen LogP contribution >= 0.6 is 11.3 Å². The van der Waals surface area contributed by atoms with Crippen LogP contribution in [0.5, 0.6) is 0 Å². The van der Waals surface area contributed by atoms with E-state index in [2.05, 4.69) is 20.1 Å². The minimum atomic E-state index is -0.407. The Bertz CT molecular complexity index is 1030. The van der Waals surface area contributed by atoms with Gasteiger partial charge in [-0.15, -0.1) is 0 Å². The lowest BCUT2D eigenvalue weighted by atomic mass is 10.2. The maximum atomic E-state index is 14.0. The van der Waals surface area contributed by atoms with Crippen LogP contribution < -0.4 is 4.90 Å². The number of para-hydroxylation sites is 1. The van der Waals surface area contributed by atoms with Crippen molar-refractivity contribution in [3.63, 3.8) is 0 Å². The van der Waals surface area contributed by atoms with Crippen LogP contribution in [0.3, 0.4) is 0 Å². The number of pyridine rings is 1. The second-order valence-electron chi connectivity index (χ2n) is 5.52. The predicted molar refractivity (Wildman–Crippen MR) is 95.0 cm³/mol. The highest BCUT2D eigenvalue weighted by Gasteiger charge is 2.21. The Hall–Kier alpha value is -3.20. The van der Waals surface area contributed by atoms with E-state index in [1.165, 1.54) is 39.6 Å². The standard InChI is InChI=1S/C17H13FN6OS/c18-13-4-1-5-14-16(13)22-17(26-14)24(8-12-3-2-6-19-7-12)15(25)9-23-11-20-10-21-23/h1-7,10-11H,8-9H2. The summed E-state index contributed by atoms with van der Waals surface area (Å²) >= 11 is 1.27. The van der Waals surface area contributed by atoms with Crippen molar-refractivity contribution in [2.24, 2.45) is 0 Å². The van der Waals surface area contributed by atoms with Crippen LogP contribution in [0.2, 0.25) is 0 Å². The fourth-order valence-electron chi connectivity index (χ4n) is 2.49. The van der Waals surface area contributed by atoms with Crippen LogP contribution in [0.15, 0.2) is 55.4 Å². The fourth-order valence-corrected chi connectivity index (χ4v) is 3.49. The first-order chi connectivity index (χ1) is 12.7. The molecule has 0 aliphatic heterocycles. The Kier molecular flexibility index (Phi) is 4.36. The smallest absolute Gasteiger partial charge is 0.250 e. The molecule has 0 aliphatic carbocycles. The van der Waals surface area contributed by atoms with Gasteiger partial charge in [0.2, 0.25) is 0 Å². The van der Waals surface area contributed by atoms with Crippen molar-refractivity contribution in [3.8, 4) is 0 Å². The molecule has 7 nitrogen and oxygen atoms in total. The van der Waals surface area contributed by atoms with E-state index >= 15 is 0 Å². The Morgan fingerprint density at radius 1 is 1.23 bits per heavy atom. The number of aromatic nitrogens is 5. The molecule has 0 saturated heterocycles. The summed E-state index contributed by atoms with van der Waals surface area (Å²) in [6.45, 7) is 0.293. The second-order valence-corrected chi connectivity index (χ2v) is 6.53. The van der Waals surface area contributed by atoms with Crippen molar-refractivity contribution in [1.82, 2.24) is 24.7 Å². The molecule has 4 aromatic rings. The lowest BCUT2D eigenvalue weighted by molar-refractivity contribution is -0.119. The number of amides is 1. The minimum Gasteiger partial charge on any atom is -0.282 e. The molecule has 0 atom stereocenters. The van der Waals surface area contributed by atoms with Crippen molar-refractivity contribution in [1.29, 1.82) is 0 Å². The maximum Gasteiger partial charge on any atom is 0.250 e. The Morgan fingerprint density at radius 3 is 2.88 bits per heavy atom. The van der Waals surface area contributed by atoms with Gasteiger partial charge in [-0.1, -0.05) is 23.5 Å². The molecule has 26 heavy (non-hydrogen) atoms. The zero-order chi connectivity index (χ0) is 17.9. The van der Waals surface area contributed by atoms with Gasteiger partial charge in [-0.25, -0.2) is 19.0 Å². The van der Waals surface area contributed by atoms with E-state index in [0.29, 0.717) is 9.83 Å². The van der Waals surface area contributed by atoms with Crippen molar-refractivity contribution < 1.29 is 9.18 Å². The van der Waals surface area contributed by atoms with Gasteiger partial charge >= 0.3 is 0 Å². The summed E-state index contributed by atoms with van der Waals surface area (Å²) in [5, 5.41) is 4.39. The second kappa shape index (κ2) is 6.96. The minimum absolute atomic E-state index is 0.0126. The van der Waals surface area contributed by atoms with Crippen LogP contribution in [-0.4, -0.2) is 30.6 Å². The summed E-state index contributed by atoms with van der Waals surface area (Å²) in [7, 11) is 0. The van der Waals surface area contributed by atoms with Crippen molar-refractivity contribution in [2.45, 2.75) is 13.1 Å². The topological polar surface area (TPSA) is 76.8 Å². The van der Waals surface area contributed by atoms with Gasteiger partial charge < -0.3 is 0 Å². The van der Waals surface area contributed by atoms with Crippen molar-refractivity contribution in [2.75, 3.05) is 4.90 Å². The van der Waals surface area contributed by atoms with Crippen LogP contribution in [0.4, 0.5) is 9.52 Å². The summed E-state index contributed by atoms with van der Waals surface area (Å²) in [5.41, 5.74) is 1.11. The van der Waals surface area contributed by atoms with Gasteiger partial charge in [-0.05, 0) is 23.8 Å². The maximum absolute atomic E-state index is 14.0. The van der Waals surface area contributed by atoms with Gasteiger partial charge in [-0.3, -0.25) is 14.7 Å². The third-order valence-corrected chi connectivity index (χ3v) is 4.76. The number of anilines is 1. The van der Waals surface area contributed by atoms with E-state index in [1.54, 1.807) is 30.6 Å². The first kappa shape index (κ1) is 16.3. The summed E-state index contributed by atoms with van der Waals surface area (Å²) in [6.07, 6.45) is 6.19. The molecule has 3 heterocycles. The van der Waals surface area contributed by atoms with Gasteiger partial charge in [-0.2, -0.15) is 5.10 Å². The zero-order valence-electron chi connectivity index (χ0n) is 13.5. The monoisotopic (exact) mass is 368 g/mol. The van der Waals surface area contributed by atoms with Crippen molar-refractivity contribution >= 4 is 32.6 Å². The lowest BCUT2D eigenvalue weighted by Crippen LogP contribution is -2.33. The molecule has 0 aliphatic rings. The highest BCUT2D eigenvalue weighted by Crippen LogP contribution is 2.31. The molecule has 4 rings (SSSR count). The molecule has 9 heteroatoms. The first-order valence-corrected chi connectivity index (χ1v) is 8.59. The number of thiazole rings is 1. The number of hydrogen-bond donors (Lipinski definition) is 0. The molecule has 0 radical (unpaired) electrons. The first-order valence-electron chi connectivity index (χ1n) is 7.77. The van der Waals surface area contributed by atoms with E-state index in [-0.39, 0.29) is 24.5 Å². The van der Waals surface area contributed by atoms with E-state index in [1.807, 2.05) is 6.07 Å². The van der Waals surface area contributed by atoms with Crippen molar-refractivity contribution in [3.05, 3.63) is 66.8 Å². The van der Waals surface area contributed by atoms with Crippen LogP contribution in [0.25, 0.3) is 10.2 Å². The highest BCUT2D eigenvalue weighted by atomic mass is 32.1. The number of hydrogen-bond acceptors (Lipinski definition) is 6. The summed E-state index contributed by atoms with van der Waals surface area (Å²) in [5.74, 6) is -0.631. The van der Waals surface area contributed by atoms with Gasteiger partial charge in [0.15, 0.2) is 5.13 Å². The summed E-state index contributed by atoms with van der Waals surface area (Å²) < 4.78 is 16.1. The van der Waals surface area contributed by atoms with E-state index in [0.717, 1.165) is 5.56 Å². The van der Waals surface area contributed by atoms with Crippen LogP contribution in [0.1, 0.15) is 5.56 Å². The Morgan fingerprint density at radius 2 is 2.15 bits per heavy atom. The average Bonchev–Trinajstić information content (AvgIpc) is 3.30. The molecule has 0 saturated carbocycles. The number of benzene rings is 1. The Labute approximate surface area is 151 Å². The van der Waals surface area contributed by atoms with Crippen LogP contribution in [0, 0.1) is 5.82 Å². The number of halogens is 1. The van der Waals surface area contributed by atoms with Gasteiger partial charge in [0.05, 0.1) is 11.2 Å². The molecule has 0 bridgehead atoms. The van der Waals surface area contributed by atoms with Gasteiger partial charge in [0.25, 0.3) is 5.91 Å². The Balaban J connectivity index is 1.70. The lowest BCUT2D eigenvalue weighted by Gasteiger charge is -2.19. The number of carbonyl (C=O) groups is 1. The summed E-state index contributed by atoms with van der Waals surface area (Å²) in [4.78, 5) is 26.7. The molecule has 0 spiro atoms. The zero-order valence-corrected chi connectivity index (χ0v) is 14.3. The third kappa shape index (κ3) is 3.29. The molecule has 1 aromatic carbocycles. The molecule has 3 aromatic heterocycles. The predicted octanol–water partition coefficient (Wildman–Crippen LogP) is 2.66. The normalized spacial score (nSPS) is 11.0. The number of rotatable bonds is 5. The quantitative estimate of drug-likeness (QED) is 0.541. The fraction of sp³-hybridized carbons (Fsp3) is 0.118. The largest absolute Gasteiger partial charge is 0.282 e. The van der Waals surface area contributed by atoms with Gasteiger partial charge in [0.1, 0.15) is 30.5 Å². The third-order valence-electron chi connectivity index (χ3n) is 3.72. The van der Waals surface area contributed by atoms with E-state index in [4.69, 9.17) is 0 Å². The number of fused-ring (bicyclic) bond motifs is 1. The molecular formula is C17H13FN6OS. The summed E-state index contributed by atoms with van der Waals surface area (Å²) in [6, 6.07) is 8.44. The molecule has 0 unspecified atom stereocenters. The molecular weight excluding hydrogens is 355 g/mol. The van der Waals surface area contributed by atoms with E-state index in [9.17, 15) is 9.18 Å². The molecule has 0 fully saturated rings. The molecule has 130 valence electrons. The van der Waals surface area contributed by atoms with Gasteiger partial charge in [0, 0.05) is 12.4 Å². The van der Waals surface area contributed by atoms with Crippen LogP contribution in [-0.2, 0) is 17.9 Å².